The van der Waals surface area contributed by atoms with Crippen LogP contribution in [0.2, 0.25) is 0 Å². The summed E-state index contributed by atoms with van der Waals surface area (Å²) in [6.07, 6.45) is 1.88. The number of β-amino-alcohol motifs (C(OH)–C–C–N with tert-alkyl or cyclic N) is 1. The molecule has 20 heavy (non-hydrogen) atoms. The summed E-state index contributed by atoms with van der Waals surface area (Å²) in [5.74, 6) is 0.956. The van der Waals surface area contributed by atoms with Crippen molar-refractivity contribution < 1.29 is 14.6 Å². The SMILES string of the molecule is CCC1(O)CN(C(=O)CCCOc2cccc(C)c2)C1. The van der Waals surface area contributed by atoms with Crippen LogP contribution in [-0.4, -0.2) is 41.2 Å². The molecule has 110 valence electrons. The van der Waals surface area contributed by atoms with Gasteiger partial charge in [-0.1, -0.05) is 19.1 Å². The maximum Gasteiger partial charge on any atom is 0.222 e. The Morgan fingerprint density at radius 2 is 2.20 bits per heavy atom. The van der Waals surface area contributed by atoms with Crippen molar-refractivity contribution in [2.75, 3.05) is 19.7 Å². The summed E-state index contributed by atoms with van der Waals surface area (Å²) in [5, 5.41) is 9.87. The molecule has 0 aromatic heterocycles. The molecule has 0 radical (unpaired) electrons. The smallest absolute Gasteiger partial charge is 0.222 e. The fraction of sp³-hybridized carbons (Fsp3) is 0.562. The predicted molar refractivity (Wildman–Crippen MR) is 77.7 cm³/mol. The molecule has 0 spiro atoms. The van der Waals surface area contributed by atoms with E-state index in [-0.39, 0.29) is 5.91 Å². The van der Waals surface area contributed by atoms with Gasteiger partial charge in [0.15, 0.2) is 0 Å². The molecule has 1 fully saturated rings. The molecule has 1 aromatic rings. The van der Waals surface area contributed by atoms with Crippen LogP contribution in [-0.2, 0) is 4.79 Å². The first-order valence-electron chi connectivity index (χ1n) is 7.22. The van der Waals surface area contributed by atoms with Gasteiger partial charge in [0.1, 0.15) is 5.75 Å². The first-order valence-corrected chi connectivity index (χ1v) is 7.22. The topological polar surface area (TPSA) is 49.8 Å². The van der Waals surface area contributed by atoms with E-state index in [2.05, 4.69) is 0 Å². The lowest BCUT2D eigenvalue weighted by atomic mass is 9.91. The van der Waals surface area contributed by atoms with Gasteiger partial charge < -0.3 is 14.7 Å². The number of carbonyl (C=O) groups is 1. The van der Waals surface area contributed by atoms with Gasteiger partial charge in [0.2, 0.25) is 5.91 Å². The molecule has 1 aromatic carbocycles. The highest BCUT2D eigenvalue weighted by molar-refractivity contribution is 5.77. The lowest BCUT2D eigenvalue weighted by Gasteiger charge is -2.46. The minimum absolute atomic E-state index is 0.107. The normalized spacial score (nSPS) is 16.6. The molecular formula is C16H23NO3. The Labute approximate surface area is 120 Å². The molecule has 2 rings (SSSR count). The van der Waals surface area contributed by atoms with Gasteiger partial charge in [0.25, 0.3) is 0 Å². The number of aliphatic hydroxyl groups is 1. The number of benzene rings is 1. The standard InChI is InChI=1S/C16H23NO3/c1-3-16(19)11-17(12-16)15(18)8-5-9-20-14-7-4-6-13(2)10-14/h4,6-7,10,19H,3,5,8-9,11-12H2,1-2H3. The van der Waals surface area contributed by atoms with Crippen LogP contribution in [0.4, 0.5) is 0 Å². The summed E-state index contributed by atoms with van der Waals surface area (Å²) in [5.41, 5.74) is 0.520. The van der Waals surface area contributed by atoms with Crippen LogP contribution < -0.4 is 4.74 Å². The Balaban J connectivity index is 1.63. The van der Waals surface area contributed by atoms with Gasteiger partial charge in [-0.3, -0.25) is 4.79 Å². The molecule has 0 atom stereocenters. The second-order valence-corrected chi connectivity index (χ2v) is 5.60. The van der Waals surface area contributed by atoms with Crippen molar-refractivity contribution in [2.24, 2.45) is 0 Å². The van der Waals surface area contributed by atoms with Gasteiger partial charge in [-0.25, -0.2) is 0 Å². The quantitative estimate of drug-likeness (QED) is 0.810. The Bertz CT molecular complexity index is 467. The first-order chi connectivity index (χ1) is 9.52. The third-order valence-electron chi connectivity index (χ3n) is 3.77. The largest absolute Gasteiger partial charge is 0.494 e. The van der Waals surface area contributed by atoms with Crippen LogP contribution in [0.1, 0.15) is 31.7 Å². The van der Waals surface area contributed by atoms with E-state index < -0.39 is 5.60 Å². The number of likely N-dealkylation sites (tertiary alicyclic amines) is 1. The number of ether oxygens (including phenoxy) is 1. The number of hydrogen-bond acceptors (Lipinski definition) is 3. The summed E-state index contributed by atoms with van der Waals surface area (Å²) in [6, 6.07) is 7.89. The minimum atomic E-state index is -0.645. The predicted octanol–water partition coefficient (Wildman–Crippen LogP) is 2.14. The zero-order valence-electron chi connectivity index (χ0n) is 12.3. The fourth-order valence-electron chi connectivity index (χ4n) is 2.34. The van der Waals surface area contributed by atoms with Gasteiger partial charge in [0.05, 0.1) is 25.3 Å². The molecule has 1 aliphatic rings. The van der Waals surface area contributed by atoms with Gasteiger partial charge in [-0.15, -0.1) is 0 Å². The summed E-state index contributed by atoms with van der Waals surface area (Å²) in [4.78, 5) is 13.6. The highest BCUT2D eigenvalue weighted by Crippen LogP contribution is 2.24. The molecule has 4 heteroatoms. The monoisotopic (exact) mass is 277 g/mol. The third kappa shape index (κ3) is 3.73. The molecular weight excluding hydrogens is 254 g/mol. The van der Waals surface area contributed by atoms with E-state index in [1.165, 1.54) is 0 Å². The molecule has 1 saturated heterocycles. The van der Waals surface area contributed by atoms with E-state index in [0.29, 0.717) is 39.0 Å². The van der Waals surface area contributed by atoms with Gasteiger partial charge in [0, 0.05) is 6.42 Å². The summed E-state index contributed by atoms with van der Waals surface area (Å²) in [6.45, 7) is 5.45. The summed E-state index contributed by atoms with van der Waals surface area (Å²) >= 11 is 0. The Morgan fingerprint density at radius 3 is 2.85 bits per heavy atom. The van der Waals surface area contributed by atoms with Gasteiger partial charge in [-0.2, -0.15) is 0 Å². The van der Waals surface area contributed by atoms with E-state index in [0.717, 1.165) is 11.3 Å². The number of aryl methyl sites for hydroxylation is 1. The van der Waals surface area contributed by atoms with Crippen LogP contribution in [0.25, 0.3) is 0 Å². The van der Waals surface area contributed by atoms with Crippen LogP contribution in [0.3, 0.4) is 0 Å². The summed E-state index contributed by atoms with van der Waals surface area (Å²) < 4.78 is 5.61. The number of rotatable bonds is 6. The summed E-state index contributed by atoms with van der Waals surface area (Å²) in [7, 11) is 0. The minimum Gasteiger partial charge on any atom is -0.494 e. The number of carbonyl (C=O) groups excluding carboxylic acids is 1. The highest BCUT2D eigenvalue weighted by Gasteiger charge is 2.41. The van der Waals surface area contributed by atoms with Crippen molar-refractivity contribution in [3.05, 3.63) is 29.8 Å². The first kappa shape index (κ1) is 14.9. The average Bonchev–Trinajstić information content (AvgIpc) is 2.40. The molecule has 1 heterocycles. The van der Waals surface area contributed by atoms with Crippen molar-refractivity contribution in [2.45, 2.75) is 38.7 Å². The maximum atomic E-state index is 11.9. The highest BCUT2D eigenvalue weighted by atomic mass is 16.5. The van der Waals surface area contributed by atoms with Crippen molar-refractivity contribution >= 4 is 5.91 Å². The van der Waals surface area contributed by atoms with Crippen LogP contribution in [0.15, 0.2) is 24.3 Å². The Morgan fingerprint density at radius 1 is 1.45 bits per heavy atom. The number of hydrogen-bond donors (Lipinski definition) is 1. The number of nitrogens with zero attached hydrogens (tertiary/aromatic N) is 1. The van der Waals surface area contributed by atoms with E-state index in [1.807, 2.05) is 38.1 Å². The van der Waals surface area contributed by atoms with E-state index in [1.54, 1.807) is 4.90 Å². The van der Waals surface area contributed by atoms with Crippen molar-refractivity contribution in [1.29, 1.82) is 0 Å². The van der Waals surface area contributed by atoms with Gasteiger partial charge in [-0.05, 0) is 37.5 Å². The van der Waals surface area contributed by atoms with Crippen LogP contribution >= 0.6 is 0 Å². The molecule has 0 bridgehead atoms. The van der Waals surface area contributed by atoms with Crippen LogP contribution in [0, 0.1) is 6.92 Å². The number of amides is 1. The molecule has 0 saturated carbocycles. The molecule has 0 unspecified atom stereocenters. The van der Waals surface area contributed by atoms with Crippen molar-refractivity contribution in [3.8, 4) is 5.75 Å². The lowest BCUT2D eigenvalue weighted by Crippen LogP contribution is -2.63. The molecule has 1 aliphatic heterocycles. The van der Waals surface area contributed by atoms with Gasteiger partial charge >= 0.3 is 0 Å². The van der Waals surface area contributed by atoms with Crippen molar-refractivity contribution in [3.63, 3.8) is 0 Å². The zero-order chi connectivity index (χ0) is 14.6. The molecule has 1 N–H and O–H groups in total. The molecule has 1 amide bonds. The van der Waals surface area contributed by atoms with E-state index in [4.69, 9.17) is 4.74 Å². The Kier molecular flexibility index (Phi) is 4.65. The molecule has 4 nitrogen and oxygen atoms in total. The van der Waals surface area contributed by atoms with E-state index in [9.17, 15) is 9.90 Å². The zero-order valence-corrected chi connectivity index (χ0v) is 12.3. The van der Waals surface area contributed by atoms with E-state index >= 15 is 0 Å². The third-order valence-corrected chi connectivity index (χ3v) is 3.77. The molecule has 0 aliphatic carbocycles. The van der Waals surface area contributed by atoms with Crippen molar-refractivity contribution in [1.82, 2.24) is 4.90 Å². The van der Waals surface area contributed by atoms with Crippen LogP contribution in [0.5, 0.6) is 5.75 Å². The maximum absolute atomic E-state index is 11.9. The fourth-order valence-corrected chi connectivity index (χ4v) is 2.34. The second kappa shape index (κ2) is 6.27. The Hall–Kier alpha value is -1.55. The lowest BCUT2D eigenvalue weighted by molar-refractivity contribution is -0.155. The average molecular weight is 277 g/mol. The second-order valence-electron chi connectivity index (χ2n) is 5.60.